The Hall–Kier alpha value is -2.46. The highest BCUT2D eigenvalue weighted by Gasteiger charge is 2.31. The highest BCUT2D eigenvalue weighted by molar-refractivity contribution is 9.10. The summed E-state index contributed by atoms with van der Waals surface area (Å²) in [6, 6.07) is 11.5. The number of para-hydroxylation sites is 1. The molecule has 0 spiro atoms. The van der Waals surface area contributed by atoms with Crippen LogP contribution in [0.2, 0.25) is 0 Å². The molecule has 0 saturated carbocycles. The summed E-state index contributed by atoms with van der Waals surface area (Å²) in [6.45, 7) is 4.59. The third-order valence-electron chi connectivity index (χ3n) is 4.64. The number of hydrogen-bond acceptors (Lipinski definition) is 4. The van der Waals surface area contributed by atoms with Gasteiger partial charge in [-0.05, 0) is 50.6 Å². The molecule has 2 aromatic rings. The molecule has 0 fully saturated rings. The van der Waals surface area contributed by atoms with E-state index in [1.165, 1.54) is 23.1 Å². The Morgan fingerprint density at radius 2 is 1.75 bits per heavy atom. The van der Waals surface area contributed by atoms with Crippen LogP contribution < -0.4 is 9.62 Å². The van der Waals surface area contributed by atoms with Gasteiger partial charge in [0.25, 0.3) is 0 Å². The molecule has 2 amide bonds. The van der Waals surface area contributed by atoms with E-state index in [9.17, 15) is 22.4 Å². The predicted octanol–water partition coefficient (Wildman–Crippen LogP) is 3.30. The molecule has 10 heteroatoms. The van der Waals surface area contributed by atoms with Crippen LogP contribution in [0, 0.1) is 5.82 Å². The van der Waals surface area contributed by atoms with Crippen molar-refractivity contribution in [3.8, 4) is 0 Å². The lowest BCUT2D eigenvalue weighted by molar-refractivity contribution is -0.139. The zero-order valence-corrected chi connectivity index (χ0v) is 20.8. The predicted molar refractivity (Wildman–Crippen MR) is 126 cm³/mol. The number of amides is 2. The molecule has 0 aliphatic heterocycles. The van der Waals surface area contributed by atoms with Gasteiger partial charge in [-0.2, -0.15) is 0 Å². The molecule has 0 bridgehead atoms. The molecule has 2 aromatic carbocycles. The van der Waals surface area contributed by atoms with Crippen LogP contribution in [0.25, 0.3) is 0 Å². The molecule has 0 aliphatic carbocycles. The second-order valence-electron chi connectivity index (χ2n) is 7.71. The number of rotatable bonds is 9. The van der Waals surface area contributed by atoms with Gasteiger partial charge in [0.2, 0.25) is 21.8 Å². The Balaban J connectivity index is 2.40. The molecule has 0 aliphatic rings. The summed E-state index contributed by atoms with van der Waals surface area (Å²) < 4.78 is 40.6. The van der Waals surface area contributed by atoms with Gasteiger partial charge in [-0.15, -0.1) is 0 Å². The van der Waals surface area contributed by atoms with E-state index >= 15 is 0 Å². The number of nitrogens with zero attached hydrogens (tertiary/aromatic N) is 2. The van der Waals surface area contributed by atoms with Gasteiger partial charge >= 0.3 is 0 Å². The summed E-state index contributed by atoms with van der Waals surface area (Å²) in [5, 5.41) is 2.77. The molecule has 0 aromatic heterocycles. The van der Waals surface area contributed by atoms with Crippen molar-refractivity contribution in [1.29, 1.82) is 0 Å². The topological polar surface area (TPSA) is 86.8 Å². The molecule has 1 atom stereocenters. The molecular weight excluding hydrogens is 501 g/mol. The van der Waals surface area contributed by atoms with E-state index in [0.717, 1.165) is 22.4 Å². The van der Waals surface area contributed by atoms with Crippen LogP contribution in [0.1, 0.15) is 26.3 Å². The standard InChI is InChI=1S/C22H27BrFN3O4S/c1-15(2)25-22(29)16(3)26(13-17-8-7-9-18(23)12-17)21(28)14-27(32(4,30)31)20-11-6-5-10-19(20)24/h5-12,15-16H,13-14H2,1-4H3,(H,25,29). The zero-order chi connectivity index (χ0) is 24.1. The molecule has 2 rings (SSSR count). The molecule has 174 valence electrons. The van der Waals surface area contributed by atoms with Crippen molar-refractivity contribution in [2.45, 2.75) is 39.4 Å². The minimum atomic E-state index is -3.98. The van der Waals surface area contributed by atoms with Gasteiger partial charge in [0.05, 0.1) is 11.9 Å². The first-order chi connectivity index (χ1) is 14.9. The van der Waals surface area contributed by atoms with Crippen LogP contribution in [0.3, 0.4) is 0 Å². The van der Waals surface area contributed by atoms with Crippen LogP contribution >= 0.6 is 15.9 Å². The highest BCUT2D eigenvalue weighted by atomic mass is 79.9. The Labute approximate surface area is 196 Å². The number of halogens is 2. The average Bonchev–Trinajstić information content (AvgIpc) is 2.69. The lowest BCUT2D eigenvalue weighted by Crippen LogP contribution is -2.52. The fraction of sp³-hybridized carbons (Fsp3) is 0.364. The largest absolute Gasteiger partial charge is 0.352 e. The first-order valence-corrected chi connectivity index (χ1v) is 12.6. The summed E-state index contributed by atoms with van der Waals surface area (Å²) in [6.07, 6.45) is 0.903. The van der Waals surface area contributed by atoms with Crippen LogP contribution in [0.4, 0.5) is 10.1 Å². The fourth-order valence-corrected chi connectivity index (χ4v) is 4.37. The maximum atomic E-state index is 14.3. The van der Waals surface area contributed by atoms with Gasteiger partial charge in [0, 0.05) is 17.1 Å². The Kier molecular flexibility index (Phi) is 8.80. The minimum Gasteiger partial charge on any atom is -0.352 e. The molecule has 0 radical (unpaired) electrons. The lowest BCUT2D eigenvalue weighted by atomic mass is 10.1. The maximum Gasteiger partial charge on any atom is 0.244 e. The fourth-order valence-electron chi connectivity index (χ4n) is 3.07. The van der Waals surface area contributed by atoms with E-state index in [2.05, 4.69) is 21.2 Å². The van der Waals surface area contributed by atoms with E-state index in [1.807, 2.05) is 6.07 Å². The minimum absolute atomic E-state index is 0.0693. The third kappa shape index (κ3) is 7.03. The van der Waals surface area contributed by atoms with Crippen LogP contribution in [0.5, 0.6) is 0 Å². The zero-order valence-electron chi connectivity index (χ0n) is 18.4. The summed E-state index contributed by atoms with van der Waals surface area (Å²) in [7, 11) is -3.98. The van der Waals surface area contributed by atoms with Crippen LogP contribution in [-0.2, 0) is 26.2 Å². The van der Waals surface area contributed by atoms with Gasteiger partial charge in [0.1, 0.15) is 18.4 Å². The normalized spacial score (nSPS) is 12.3. The molecule has 7 nitrogen and oxygen atoms in total. The average molecular weight is 528 g/mol. The highest BCUT2D eigenvalue weighted by Crippen LogP contribution is 2.22. The number of sulfonamides is 1. The van der Waals surface area contributed by atoms with Crippen molar-refractivity contribution in [1.82, 2.24) is 10.2 Å². The summed E-state index contributed by atoms with van der Waals surface area (Å²) in [5.74, 6) is -1.78. The van der Waals surface area contributed by atoms with Gasteiger partial charge < -0.3 is 10.2 Å². The Bertz CT molecular complexity index is 1080. The SMILES string of the molecule is CC(C)NC(=O)C(C)N(Cc1cccc(Br)c1)C(=O)CN(c1ccccc1F)S(C)(=O)=O. The first-order valence-electron chi connectivity index (χ1n) is 9.96. The van der Waals surface area contributed by atoms with E-state index < -0.39 is 34.3 Å². The van der Waals surface area contributed by atoms with Crippen molar-refractivity contribution in [2.75, 3.05) is 17.1 Å². The maximum absolute atomic E-state index is 14.3. The molecular formula is C22H27BrFN3O4S. The lowest BCUT2D eigenvalue weighted by Gasteiger charge is -2.32. The molecule has 1 unspecified atom stereocenters. The van der Waals surface area contributed by atoms with Crippen LogP contribution in [-0.4, -0.2) is 50.0 Å². The third-order valence-corrected chi connectivity index (χ3v) is 6.26. The Morgan fingerprint density at radius 3 is 2.31 bits per heavy atom. The number of carbonyl (C=O) groups is 2. The number of anilines is 1. The van der Waals surface area contributed by atoms with Crippen LogP contribution in [0.15, 0.2) is 53.0 Å². The van der Waals surface area contributed by atoms with Gasteiger partial charge in [0.15, 0.2) is 0 Å². The molecule has 32 heavy (non-hydrogen) atoms. The van der Waals surface area contributed by atoms with Gasteiger partial charge in [-0.25, -0.2) is 12.8 Å². The number of benzene rings is 2. The van der Waals surface area contributed by atoms with Crippen molar-refractivity contribution < 1.29 is 22.4 Å². The number of carbonyl (C=O) groups excluding carboxylic acids is 2. The number of hydrogen-bond donors (Lipinski definition) is 1. The summed E-state index contributed by atoms with van der Waals surface area (Å²) >= 11 is 3.38. The molecule has 1 N–H and O–H groups in total. The molecule has 0 heterocycles. The monoisotopic (exact) mass is 527 g/mol. The van der Waals surface area contributed by atoms with Crippen molar-refractivity contribution in [3.05, 3.63) is 64.4 Å². The van der Waals surface area contributed by atoms with E-state index in [0.29, 0.717) is 4.31 Å². The summed E-state index contributed by atoms with van der Waals surface area (Å²) in [5.41, 5.74) is 0.513. The Morgan fingerprint density at radius 1 is 1.09 bits per heavy atom. The van der Waals surface area contributed by atoms with Gasteiger partial charge in [-0.1, -0.05) is 40.2 Å². The van der Waals surface area contributed by atoms with Crippen molar-refractivity contribution in [2.24, 2.45) is 0 Å². The smallest absolute Gasteiger partial charge is 0.244 e. The number of nitrogens with one attached hydrogen (secondary N) is 1. The summed E-state index contributed by atoms with van der Waals surface area (Å²) in [4.78, 5) is 27.3. The van der Waals surface area contributed by atoms with E-state index in [4.69, 9.17) is 0 Å². The van der Waals surface area contributed by atoms with E-state index in [-0.39, 0.29) is 24.2 Å². The van der Waals surface area contributed by atoms with Crippen molar-refractivity contribution >= 4 is 43.5 Å². The van der Waals surface area contributed by atoms with Gasteiger partial charge in [-0.3, -0.25) is 13.9 Å². The second kappa shape index (κ2) is 10.9. The van der Waals surface area contributed by atoms with Crippen molar-refractivity contribution in [3.63, 3.8) is 0 Å². The quantitative estimate of drug-likeness (QED) is 0.542. The van der Waals surface area contributed by atoms with E-state index in [1.54, 1.807) is 39.0 Å². The molecule has 0 saturated heterocycles. The second-order valence-corrected chi connectivity index (χ2v) is 10.5. The first kappa shape index (κ1) is 25.8.